The maximum Gasteiger partial charge on any atom is 0.341 e. The monoisotopic (exact) mass is 316 g/mol. The molecule has 0 fully saturated rings. The predicted octanol–water partition coefficient (Wildman–Crippen LogP) is 1.39. The number of pyridine rings is 1. The van der Waals surface area contributed by atoms with Gasteiger partial charge in [-0.2, -0.15) is 0 Å². The van der Waals surface area contributed by atoms with Crippen molar-refractivity contribution in [1.29, 1.82) is 0 Å². The molecule has 0 amide bonds. The van der Waals surface area contributed by atoms with Crippen molar-refractivity contribution in [2.24, 2.45) is 0 Å². The van der Waals surface area contributed by atoms with E-state index in [1.807, 2.05) is 43.3 Å². The number of aliphatic hydroxyl groups excluding tert-OH is 1. The predicted molar refractivity (Wildman–Crippen MR) is 88.3 cm³/mol. The molecule has 1 unspecified atom stereocenters. The average molecular weight is 316 g/mol. The second kappa shape index (κ2) is 7.11. The summed E-state index contributed by atoms with van der Waals surface area (Å²) in [5.41, 5.74) is 1.11. The van der Waals surface area contributed by atoms with Gasteiger partial charge in [-0.15, -0.1) is 0 Å². The van der Waals surface area contributed by atoms with Crippen LogP contribution in [-0.2, 0) is 6.42 Å². The number of aromatic carboxylic acids is 1. The van der Waals surface area contributed by atoms with E-state index in [1.54, 1.807) is 0 Å². The Balaban J connectivity index is 2.29. The standard InChI is InChI=1S/C17H20N2O4/c1-18(2)13-7-5-12(6-8-13)10-14(11-20)19-9-3-4-15(16(19)21)17(22)23/h3-9,14,20H,10-11H2,1-2H3,(H,22,23). The third kappa shape index (κ3) is 3.78. The quantitative estimate of drug-likeness (QED) is 0.841. The Kier molecular flexibility index (Phi) is 5.18. The largest absolute Gasteiger partial charge is 0.477 e. The average Bonchev–Trinajstić information content (AvgIpc) is 2.53. The minimum atomic E-state index is -1.27. The highest BCUT2D eigenvalue weighted by Gasteiger charge is 2.17. The lowest BCUT2D eigenvalue weighted by atomic mass is 10.1. The summed E-state index contributed by atoms with van der Waals surface area (Å²) in [5.74, 6) is -1.27. The fraction of sp³-hybridized carbons (Fsp3) is 0.294. The van der Waals surface area contributed by atoms with Gasteiger partial charge in [-0.25, -0.2) is 4.79 Å². The number of nitrogens with zero attached hydrogens (tertiary/aromatic N) is 2. The highest BCUT2D eigenvalue weighted by molar-refractivity contribution is 5.86. The second-order valence-electron chi connectivity index (χ2n) is 5.54. The topological polar surface area (TPSA) is 82.8 Å². The summed E-state index contributed by atoms with van der Waals surface area (Å²) in [6.07, 6.45) is 1.94. The van der Waals surface area contributed by atoms with Gasteiger partial charge in [0.25, 0.3) is 5.56 Å². The van der Waals surface area contributed by atoms with Crippen LogP contribution in [-0.4, -0.2) is 41.5 Å². The molecule has 1 atom stereocenters. The van der Waals surface area contributed by atoms with Gasteiger partial charge in [-0.05, 0) is 36.2 Å². The lowest BCUT2D eigenvalue weighted by molar-refractivity contribution is 0.0693. The lowest BCUT2D eigenvalue weighted by Gasteiger charge is -2.19. The van der Waals surface area contributed by atoms with Gasteiger partial charge in [0.1, 0.15) is 5.56 Å². The van der Waals surface area contributed by atoms with E-state index < -0.39 is 17.6 Å². The number of hydrogen-bond donors (Lipinski definition) is 2. The molecular formula is C17H20N2O4. The number of carbonyl (C=O) groups is 1. The van der Waals surface area contributed by atoms with Crippen LogP contribution in [0.15, 0.2) is 47.4 Å². The molecule has 1 aromatic heterocycles. The first-order valence-electron chi connectivity index (χ1n) is 7.25. The molecule has 0 bridgehead atoms. The van der Waals surface area contributed by atoms with Crippen LogP contribution in [0.2, 0.25) is 0 Å². The molecule has 0 saturated carbocycles. The maximum atomic E-state index is 12.2. The molecule has 2 rings (SSSR count). The molecule has 1 heterocycles. The molecule has 0 radical (unpaired) electrons. The first-order valence-corrected chi connectivity index (χ1v) is 7.25. The summed E-state index contributed by atoms with van der Waals surface area (Å²) in [4.78, 5) is 25.3. The molecule has 0 aliphatic carbocycles. The number of aromatic nitrogens is 1. The van der Waals surface area contributed by atoms with E-state index in [4.69, 9.17) is 5.11 Å². The van der Waals surface area contributed by atoms with Gasteiger partial charge in [0.2, 0.25) is 0 Å². The molecule has 0 spiro atoms. The van der Waals surface area contributed by atoms with Gasteiger partial charge in [0.05, 0.1) is 12.6 Å². The van der Waals surface area contributed by atoms with Crippen molar-refractivity contribution in [3.05, 3.63) is 64.1 Å². The van der Waals surface area contributed by atoms with Gasteiger partial charge >= 0.3 is 5.97 Å². The summed E-state index contributed by atoms with van der Waals surface area (Å²) >= 11 is 0. The minimum Gasteiger partial charge on any atom is -0.477 e. The first kappa shape index (κ1) is 16.8. The van der Waals surface area contributed by atoms with Crippen LogP contribution in [0, 0.1) is 0 Å². The molecule has 6 heteroatoms. The molecule has 0 aliphatic rings. The number of aliphatic hydroxyl groups is 1. The lowest BCUT2D eigenvalue weighted by Crippen LogP contribution is -2.31. The Bertz CT molecular complexity index is 735. The van der Waals surface area contributed by atoms with Crippen molar-refractivity contribution in [2.45, 2.75) is 12.5 Å². The molecule has 6 nitrogen and oxygen atoms in total. The van der Waals surface area contributed by atoms with E-state index in [-0.39, 0.29) is 12.2 Å². The van der Waals surface area contributed by atoms with Crippen molar-refractivity contribution < 1.29 is 15.0 Å². The molecule has 0 aliphatic heterocycles. The van der Waals surface area contributed by atoms with Crippen LogP contribution in [0.5, 0.6) is 0 Å². The van der Waals surface area contributed by atoms with Crippen LogP contribution >= 0.6 is 0 Å². The third-order valence-corrected chi connectivity index (χ3v) is 3.73. The van der Waals surface area contributed by atoms with Gasteiger partial charge in [0.15, 0.2) is 0 Å². The number of benzene rings is 1. The number of carboxylic acid groups (broad SMARTS) is 1. The highest BCUT2D eigenvalue weighted by Crippen LogP contribution is 2.17. The molecule has 1 aromatic carbocycles. The van der Waals surface area contributed by atoms with E-state index in [0.29, 0.717) is 6.42 Å². The Labute approximate surface area is 134 Å². The van der Waals surface area contributed by atoms with E-state index in [1.165, 1.54) is 22.9 Å². The minimum absolute atomic E-state index is 0.252. The summed E-state index contributed by atoms with van der Waals surface area (Å²) in [7, 11) is 3.89. The van der Waals surface area contributed by atoms with E-state index in [0.717, 1.165) is 11.3 Å². The Hall–Kier alpha value is -2.60. The Morgan fingerprint density at radius 3 is 2.39 bits per heavy atom. The highest BCUT2D eigenvalue weighted by atomic mass is 16.4. The molecule has 122 valence electrons. The van der Waals surface area contributed by atoms with Gasteiger partial charge < -0.3 is 19.7 Å². The summed E-state index contributed by atoms with van der Waals surface area (Å²) < 4.78 is 1.28. The van der Waals surface area contributed by atoms with Crippen molar-refractivity contribution in [2.75, 3.05) is 25.6 Å². The van der Waals surface area contributed by atoms with E-state index in [2.05, 4.69) is 0 Å². The fourth-order valence-electron chi connectivity index (χ4n) is 2.41. The zero-order chi connectivity index (χ0) is 17.0. The van der Waals surface area contributed by atoms with Gasteiger partial charge in [0, 0.05) is 26.0 Å². The van der Waals surface area contributed by atoms with Crippen LogP contribution in [0.25, 0.3) is 0 Å². The third-order valence-electron chi connectivity index (χ3n) is 3.73. The summed E-state index contributed by atoms with van der Waals surface area (Å²) in [6, 6.07) is 10.0. The van der Waals surface area contributed by atoms with E-state index in [9.17, 15) is 14.7 Å². The summed E-state index contributed by atoms with van der Waals surface area (Å²) in [6.45, 7) is -0.252. The number of carboxylic acids is 1. The Morgan fingerprint density at radius 2 is 1.87 bits per heavy atom. The maximum absolute atomic E-state index is 12.2. The number of rotatable bonds is 6. The number of anilines is 1. The summed E-state index contributed by atoms with van der Waals surface area (Å²) in [5, 5.41) is 18.7. The molecule has 0 saturated heterocycles. The van der Waals surface area contributed by atoms with Crippen molar-refractivity contribution in [3.8, 4) is 0 Å². The molecule has 23 heavy (non-hydrogen) atoms. The van der Waals surface area contributed by atoms with Gasteiger partial charge in [-0.3, -0.25) is 4.79 Å². The second-order valence-corrected chi connectivity index (χ2v) is 5.54. The molecule has 2 aromatic rings. The zero-order valence-electron chi connectivity index (χ0n) is 13.1. The SMILES string of the molecule is CN(C)c1ccc(CC(CO)n2cccc(C(=O)O)c2=O)cc1. The molecule has 2 N–H and O–H groups in total. The van der Waals surface area contributed by atoms with Crippen LogP contribution < -0.4 is 10.5 Å². The van der Waals surface area contributed by atoms with Crippen molar-refractivity contribution in [1.82, 2.24) is 4.57 Å². The first-order chi connectivity index (χ1) is 10.9. The fourth-order valence-corrected chi connectivity index (χ4v) is 2.41. The van der Waals surface area contributed by atoms with Crippen LogP contribution in [0.4, 0.5) is 5.69 Å². The van der Waals surface area contributed by atoms with Crippen molar-refractivity contribution >= 4 is 11.7 Å². The van der Waals surface area contributed by atoms with E-state index >= 15 is 0 Å². The number of hydrogen-bond acceptors (Lipinski definition) is 4. The van der Waals surface area contributed by atoms with Crippen molar-refractivity contribution in [3.63, 3.8) is 0 Å². The van der Waals surface area contributed by atoms with Crippen LogP contribution in [0.1, 0.15) is 22.0 Å². The smallest absolute Gasteiger partial charge is 0.341 e. The normalized spacial score (nSPS) is 12.0. The van der Waals surface area contributed by atoms with Gasteiger partial charge in [-0.1, -0.05) is 12.1 Å². The zero-order valence-corrected chi connectivity index (χ0v) is 13.1. The Morgan fingerprint density at radius 1 is 1.22 bits per heavy atom. The molecular weight excluding hydrogens is 296 g/mol. The van der Waals surface area contributed by atoms with Crippen LogP contribution in [0.3, 0.4) is 0 Å².